The zero-order chi connectivity index (χ0) is 30.2. The van der Waals surface area contributed by atoms with Crippen LogP contribution in [-0.2, 0) is 0 Å². The minimum absolute atomic E-state index is 0.909. The standard InChI is InChI=1S/C44H26OS/c1-2-13-28(14-3-1)43-42(36-24-25-38-41(44(36)45-43)35-20-10-11-21-37(35)46-38)40-33-18-8-6-16-31(33)39(32-17-7-9-19-34(32)40)30-23-22-27-12-4-5-15-29(27)26-30/h1-26H. The molecular weight excluding hydrogens is 577 g/mol. The Balaban J connectivity index is 1.38. The second-order valence-electron chi connectivity index (χ2n) is 12.0. The SMILES string of the molecule is c1ccc(-c2oc3c(ccc4sc5ccccc5c43)c2-c2c3ccccc3c(-c3ccc4ccccc4c3)c3ccccc23)cc1. The van der Waals surface area contributed by atoms with Crippen molar-refractivity contribution in [3.05, 3.63) is 158 Å². The van der Waals surface area contributed by atoms with Gasteiger partial charge in [0.05, 0.1) is 0 Å². The zero-order valence-corrected chi connectivity index (χ0v) is 25.6. The summed E-state index contributed by atoms with van der Waals surface area (Å²) in [6.45, 7) is 0. The Morgan fingerprint density at radius 2 is 0.978 bits per heavy atom. The molecular formula is C44H26OS. The largest absolute Gasteiger partial charge is 0.455 e. The van der Waals surface area contributed by atoms with E-state index in [4.69, 9.17) is 4.42 Å². The third-order valence-corrected chi connectivity index (χ3v) is 10.6. The second kappa shape index (κ2) is 9.90. The van der Waals surface area contributed by atoms with Crippen LogP contribution in [0.5, 0.6) is 0 Å². The molecule has 214 valence electrons. The summed E-state index contributed by atoms with van der Waals surface area (Å²) >= 11 is 1.83. The van der Waals surface area contributed by atoms with Crippen LogP contribution in [0.15, 0.2) is 162 Å². The predicted octanol–water partition coefficient (Wildman–Crippen LogP) is 13.3. The van der Waals surface area contributed by atoms with Gasteiger partial charge in [-0.25, -0.2) is 0 Å². The number of hydrogen-bond acceptors (Lipinski definition) is 2. The molecule has 2 heteroatoms. The van der Waals surface area contributed by atoms with Crippen molar-refractivity contribution in [2.75, 3.05) is 0 Å². The van der Waals surface area contributed by atoms with Gasteiger partial charge in [-0.1, -0.05) is 133 Å². The van der Waals surface area contributed by atoms with Crippen molar-refractivity contribution in [2.45, 2.75) is 0 Å². The molecule has 0 saturated heterocycles. The van der Waals surface area contributed by atoms with E-state index in [2.05, 4.69) is 158 Å². The van der Waals surface area contributed by atoms with Crippen LogP contribution in [0, 0.1) is 0 Å². The highest BCUT2D eigenvalue weighted by Gasteiger charge is 2.25. The van der Waals surface area contributed by atoms with Crippen molar-refractivity contribution in [1.82, 2.24) is 0 Å². The van der Waals surface area contributed by atoms with Crippen molar-refractivity contribution in [3.8, 4) is 33.6 Å². The summed E-state index contributed by atoms with van der Waals surface area (Å²) in [5, 5.41) is 11.0. The van der Waals surface area contributed by atoms with Crippen molar-refractivity contribution >= 4 is 74.8 Å². The molecule has 10 rings (SSSR count). The van der Waals surface area contributed by atoms with Gasteiger partial charge in [-0.2, -0.15) is 0 Å². The fourth-order valence-corrected chi connectivity index (χ4v) is 8.56. The van der Waals surface area contributed by atoms with Gasteiger partial charge in [0, 0.05) is 42.2 Å². The lowest BCUT2D eigenvalue weighted by molar-refractivity contribution is 0.636. The highest BCUT2D eigenvalue weighted by Crippen LogP contribution is 2.51. The van der Waals surface area contributed by atoms with E-state index in [9.17, 15) is 0 Å². The molecule has 2 aromatic heterocycles. The Hall–Kier alpha value is -5.70. The molecule has 0 spiro atoms. The van der Waals surface area contributed by atoms with Crippen LogP contribution in [0.3, 0.4) is 0 Å². The number of thiophene rings is 1. The van der Waals surface area contributed by atoms with Gasteiger partial charge in [0.2, 0.25) is 0 Å². The van der Waals surface area contributed by atoms with Crippen LogP contribution in [0.2, 0.25) is 0 Å². The van der Waals surface area contributed by atoms with Gasteiger partial charge >= 0.3 is 0 Å². The van der Waals surface area contributed by atoms with Crippen molar-refractivity contribution in [2.24, 2.45) is 0 Å². The van der Waals surface area contributed by atoms with Gasteiger partial charge in [0.25, 0.3) is 0 Å². The van der Waals surface area contributed by atoms with Crippen LogP contribution in [0.4, 0.5) is 0 Å². The molecule has 0 aliphatic rings. The van der Waals surface area contributed by atoms with Crippen LogP contribution in [0.1, 0.15) is 0 Å². The molecule has 0 bridgehead atoms. The lowest BCUT2D eigenvalue weighted by Crippen LogP contribution is -1.91. The first-order valence-corrected chi connectivity index (χ1v) is 16.5. The van der Waals surface area contributed by atoms with Crippen molar-refractivity contribution in [3.63, 3.8) is 0 Å². The lowest BCUT2D eigenvalue weighted by Gasteiger charge is -2.18. The van der Waals surface area contributed by atoms with Gasteiger partial charge in [-0.05, 0) is 67.7 Å². The molecule has 0 atom stereocenters. The smallest absolute Gasteiger partial charge is 0.144 e. The quantitative estimate of drug-likeness (QED) is 0.183. The van der Waals surface area contributed by atoms with Gasteiger partial charge in [-0.3, -0.25) is 0 Å². The Labute approximate surface area is 269 Å². The number of benzene rings is 8. The minimum atomic E-state index is 0.909. The first-order valence-electron chi connectivity index (χ1n) is 15.7. The maximum Gasteiger partial charge on any atom is 0.144 e. The van der Waals surface area contributed by atoms with E-state index in [0.717, 1.165) is 27.9 Å². The summed E-state index contributed by atoms with van der Waals surface area (Å²) in [5.41, 5.74) is 6.89. The van der Waals surface area contributed by atoms with Crippen molar-refractivity contribution in [1.29, 1.82) is 0 Å². The number of fused-ring (bicyclic) bond motifs is 8. The van der Waals surface area contributed by atoms with Gasteiger partial charge in [0.1, 0.15) is 11.3 Å². The molecule has 0 fully saturated rings. The maximum absolute atomic E-state index is 7.09. The minimum Gasteiger partial charge on any atom is -0.455 e. The summed E-state index contributed by atoms with van der Waals surface area (Å²) in [7, 11) is 0. The van der Waals surface area contributed by atoms with Gasteiger partial charge in [-0.15, -0.1) is 11.3 Å². The Bertz CT molecular complexity index is 2740. The van der Waals surface area contributed by atoms with E-state index in [1.165, 1.54) is 69.2 Å². The Morgan fingerprint density at radius 3 is 1.72 bits per heavy atom. The molecule has 46 heavy (non-hydrogen) atoms. The maximum atomic E-state index is 7.09. The highest BCUT2D eigenvalue weighted by molar-refractivity contribution is 7.26. The fourth-order valence-electron chi connectivity index (χ4n) is 7.46. The summed E-state index contributed by atoms with van der Waals surface area (Å²) in [6, 6.07) is 57.1. The first-order chi connectivity index (χ1) is 22.8. The monoisotopic (exact) mass is 602 g/mol. The van der Waals surface area contributed by atoms with E-state index < -0.39 is 0 Å². The van der Waals surface area contributed by atoms with E-state index in [0.29, 0.717) is 0 Å². The molecule has 0 amide bonds. The molecule has 10 aromatic rings. The van der Waals surface area contributed by atoms with Gasteiger partial charge < -0.3 is 4.42 Å². The van der Waals surface area contributed by atoms with Crippen LogP contribution >= 0.6 is 11.3 Å². The summed E-state index contributed by atoms with van der Waals surface area (Å²) in [6.07, 6.45) is 0. The highest BCUT2D eigenvalue weighted by atomic mass is 32.1. The third-order valence-electron chi connectivity index (χ3n) is 9.45. The Morgan fingerprint density at radius 1 is 0.370 bits per heavy atom. The molecule has 0 aliphatic heterocycles. The van der Waals surface area contributed by atoms with E-state index in [1.54, 1.807) is 0 Å². The van der Waals surface area contributed by atoms with E-state index in [-0.39, 0.29) is 0 Å². The summed E-state index contributed by atoms with van der Waals surface area (Å²) in [4.78, 5) is 0. The zero-order valence-electron chi connectivity index (χ0n) is 24.8. The average Bonchev–Trinajstić information content (AvgIpc) is 3.69. The number of furan rings is 1. The Kier molecular flexibility index (Phi) is 5.51. The van der Waals surface area contributed by atoms with Crippen molar-refractivity contribution < 1.29 is 4.42 Å². The van der Waals surface area contributed by atoms with E-state index in [1.807, 2.05) is 11.3 Å². The molecule has 1 nitrogen and oxygen atoms in total. The molecule has 8 aromatic carbocycles. The van der Waals surface area contributed by atoms with Gasteiger partial charge in [0.15, 0.2) is 0 Å². The molecule has 0 unspecified atom stereocenters. The molecule has 0 radical (unpaired) electrons. The van der Waals surface area contributed by atoms with E-state index >= 15 is 0 Å². The number of hydrogen-bond donors (Lipinski definition) is 0. The molecule has 0 N–H and O–H groups in total. The average molecular weight is 603 g/mol. The summed E-state index contributed by atoms with van der Waals surface area (Å²) in [5.74, 6) is 0.909. The first kappa shape index (κ1) is 25.6. The molecule has 0 saturated carbocycles. The summed E-state index contributed by atoms with van der Waals surface area (Å²) < 4.78 is 9.61. The lowest BCUT2D eigenvalue weighted by atomic mass is 9.84. The third kappa shape index (κ3) is 3.68. The van der Waals surface area contributed by atoms with Crippen LogP contribution < -0.4 is 0 Å². The normalized spacial score (nSPS) is 11.9. The predicted molar refractivity (Wildman–Crippen MR) is 198 cm³/mol. The fraction of sp³-hybridized carbons (Fsp3) is 0. The topological polar surface area (TPSA) is 13.1 Å². The number of rotatable bonds is 3. The molecule has 0 aliphatic carbocycles. The molecule has 2 heterocycles. The van der Waals surface area contributed by atoms with Crippen LogP contribution in [-0.4, -0.2) is 0 Å². The van der Waals surface area contributed by atoms with Crippen LogP contribution in [0.25, 0.3) is 97.0 Å². The second-order valence-corrected chi connectivity index (χ2v) is 13.1.